The van der Waals surface area contributed by atoms with Gasteiger partial charge in [0.15, 0.2) is 5.79 Å². The molecule has 3 rings (SSSR count). The molecule has 1 N–H and O–H groups in total. The van der Waals surface area contributed by atoms with Crippen molar-refractivity contribution in [1.29, 1.82) is 0 Å². The molecule has 6 nitrogen and oxygen atoms in total. The Morgan fingerprint density at radius 1 is 1.23 bits per heavy atom. The molecule has 0 radical (unpaired) electrons. The zero-order valence-electron chi connectivity index (χ0n) is 18.1. The molecule has 0 aromatic rings. The number of hydrogen-bond acceptors (Lipinski definition) is 6. The number of thioether (sulfide) groups is 1. The van der Waals surface area contributed by atoms with E-state index in [1.54, 1.807) is 13.2 Å². The largest absolute Gasteiger partial charge is 0.459 e. The van der Waals surface area contributed by atoms with E-state index in [4.69, 9.17) is 14.2 Å². The highest BCUT2D eigenvalue weighted by molar-refractivity contribution is 8.14. The Morgan fingerprint density at radius 3 is 2.80 bits per heavy atom. The molecule has 0 spiro atoms. The number of nitrogens with one attached hydrogen (secondary N) is 1. The van der Waals surface area contributed by atoms with Gasteiger partial charge >= 0.3 is 5.97 Å². The lowest BCUT2D eigenvalue weighted by atomic mass is 9.90. The number of methoxy groups -OCH3 is 1. The van der Waals surface area contributed by atoms with Crippen LogP contribution in [0.5, 0.6) is 0 Å². The highest BCUT2D eigenvalue weighted by Crippen LogP contribution is 2.39. The van der Waals surface area contributed by atoms with E-state index in [0.717, 1.165) is 31.3 Å². The van der Waals surface area contributed by atoms with Gasteiger partial charge in [0.05, 0.1) is 12.1 Å². The summed E-state index contributed by atoms with van der Waals surface area (Å²) in [6, 6.07) is -0.269. The summed E-state index contributed by atoms with van der Waals surface area (Å²) in [5.41, 5.74) is 0.996. The van der Waals surface area contributed by atoms with Gasteiger partial charge in [0.25, 0.3) is 5.24 Å². The summed E-state index contributed by atoms with van der Waals surface area (Å²) in [6.07, 6.45) is 14.2. The predicted molar refractivity (Wildman–Crippen MR) is 118 cm³/mol. The van der Waals surface area contributed by atoms with E-state index < -0.39 is 5.79 Å². The topological polar surface area (TPSA) is 73.9 Å². The van der Waals surface area contributed by atoms with Crippen LogP contribution in [0.2, 0.25) is 0 Å². The molecule has 0 aromatic heterocycles. The van der Waals surface area contributed by atoms with Crippen LogP contribution in [0.1, 0.15) is 52.4 Å². The monoisotopic (exact) mass is 435 g/mol. The molecule has 30 heavy (non-hydrogen) atoms. The number of carbonyl (C=O) groups is 2. The van der Waals surface area contributed by atoms with Gasteiger partial charge in [-0.25, -0.2) is 4.79 Å². The fourth-order valence-electron chi connectivity index (χ4n) is 4.21. The number of hydrogen-bond donors (Lipinski definition) is 1. The minimum Gasteiger partial charge on any atom is -0.459 e. The Balaban J connectivity index is 1.82. The van der Waals surface area contributed by atoms with E-state index in [9.17, 15) is 9.59 Å². The number of carbonyl (C=O) groups excluding carboxylic acids is 2. The van der Waals surface area contributed by atoms with Crippen molar-refractivity contribution in [3.05, 3.63) is 36.0 Å². The van der Waals surface area contributed by atoms with Gasteiger partial charge in [0.1, 0.15) is 6.10 Å². The maximum Gasteiger partial charge on any atom is 0.330 e. The van der Waals surface area contributed by atoms with Crippen LogP contribution in [0.15, 0.2) is 36.0 Å². The molecular formula is C23H33NO5S. The highest BCUT2D eigenvalue weighted by Gasteiger charge is 2.51. The van der Waals surface area contributed by atoms with E-state index in [1.165, 1.54) is 11.8 Å². The van der Waals surface area contributed by atoms with Gasteiger partial charge in [0.2, 0.25) is 0 Å². The number of ether oxygens (including phenoxy) is 3. The van der Waals surface area contributed by atoms with E-state index >= 15 is 0 Å². The molecule has 2 bridgehead atoms. The average molecular weight is 436 g/mol. The van der Waals surface area contributed by atoms with E-state index in [1.807, 2.05) is 6.92 Å². The van der Waals surface area contributed by atoms with Crippen molar-refractivity contribution in [3.63, 3.8) is 0 Å². The van der Waals surface area contributed by atoms with E-state index in [2.05, 4.69) is 36.5 Å². The smallest absolute Gasteiger partial charge is 0.330 e. The molecule has 0 saturated carbocycles. The molecule has 166 valence electrons. The van der Waals surface area contributed by atoms with Crippen LogP contribution in [0.25, 0.3) is 0 Å². The summed E-state index contributed by atoms with van der Waals surface area (Å²) in [5, 5.41) is 2.88. The predicted octanol–water partition coefficient (Wildman–Crippen LogP) is 4.51. The molecule has 7 heteroatoms. The van der Waals surface area contributed by atoms with Crippen LogP contribution < -0.4 is 5.32 Å². The van der Waals surface area contributed by atoms with Gasteiger partial charge in [-0.3, -0.25) is 4.79 Å². The summed E-state index contributed by atoms with van der Waals surface area (Å²) < 4.78 is 18.1. The first-order valence-corrected chi connectivity index (χ1v) is 11.8. The lowest BCUT2D eigenvalue weighted by Gasteiger charge is -2.46. The summed E-state index contributed by atoms with van der Waals surface area (Å²) in [4.78, 5) is 24.3. The Labute approximate surface area is 183 Å². The second-order valence-corrected chi connectivity index (χ2v) is 9.44. The fourth-order valence-corrected chi connectivity index (χ4v) is 5.10. The van der Waals surface area contributed by atoms with Gasteiger partial charge in [-0.1, -0.05) is 48.6 Å². The molecule has 2 fully saturated rings. The molecule has 0 unspecified atom stereocenters. The van der Waals surface area contributed by atoms with Crippen LogP contribution in [0, 0.1) is 5.92 Å². The highest BCUT2D eigenvalue weighted by atomic mass is 32.2. The van der Waals surface area contributed by atoms with Crippen LogP contribution in [-0.2, 0) is 19.0 Å². The standard InChI is InChI=1S/C23H33NO5S/c1-16-8-6-4-5-7-9-17(2)12-21(25)28-19-13-18(11-10-16)29-23(14-19,27-3)20-15-30-22(26)24-20/h4-6,8,12,16,18-20H,7,9-11,13-15H2,1-3H3,(H,24,26)/b5-4+,8-6-,17-12-/t16-,18-,19-,20+,23-/m1/s1. The number of rotatable bonds is 2. The Kier molecular flexibility index (Phi) is 8.20. The minimum absolute atomic E-state index is 0.0736. The molecule has 1 amide bonds. The molecule has 3 aliphatic heterocycles. The Hall–Kier alpha value is -1.57. The Bertz CT molecular complexity index is 718. The SMILES string of the molecule is CO[C@]1([C@@H]2CSC(=O)N2)C[C@H]2C[C@@H](CC[C@H](C)/C=C\C=C\CC/C(C)=C\C(=O)O2)O1. The summed E-state index contributed by atoms with van der Waals surface area (Å²) >= 11 is 1.23. The van der Waals surface area contributed by atoms with Crippen molar-refractivity contribution >= 4 is 23.0 Å². The third-order valence-corrected chi connectivity index (χ3v) is 6.82. The van der Waals surface area contributed by atoms with E-state index in [-0.39, 0.29) is 29.5 Å². The number of amides is 1. The molecule has 0 aliphatic carbocycles. The molecular weight excluding hydrogens is 402 g/mol. The first-order valence-electron chi connectivity index (χ1n) is 10.8. The maximum absolute atomic E-state index is 12.5. The third-order valence-electron chi connectivity index (χ3n) is 5.94. The summed E-state index contributed by atoms with van der Waals surface area (Å²) in [5.74, 6) is -0.324. The van der Waals surface area contributed by atoms with Crippen molar-refractivity contribution in [2.45, 2.75) is 76.4 Å². The number of fused-ring (bicyclic) bond motifs is 2. The number of allylic oxidation sites excluding steroid dienone is 5. The van der Waals surface area contributed by atoms with Crippen molar-refractivity contribution in [1.82, 2.24) is 5.32 Å². The zero-order valence-corrected chi connectivity index (χ0v) is 18.9. The molecule has 2 saturated heterocycles. The van der Waals surface area contributed by atoms with E-state index in [0.29, 0.717) is 24.5 Å². The van der Waals surface area contributed by atoms with Gasteiger partial charge < -0.3 is 19.5 Å². The van der Waals surface area contributed by atoms with Crippen LogP contribution >= 0.6 is 11.8 Å². The first kappa shape index (κ1) is 23.1. The van der Waals surface area contributed by atoms with Crippen molar-refractivity contribution in [2.24, 2.45) is 5.92 Å². The molecule has 3 heterocycles. The average Bonchev–Trinajstić information content (AvgIpc) is 3.15. The van der Waals surface area contributed by atoms with Gasteiger partial charge in [-0.2, -0.15) is 0 Å². The normalized spacial score (nSPS) is 40.0. The quantitative estimate of drug-likeness (QED) is 0.643. The lowest BCUT2D eigenvalue weighted by Crippen LogP contribution is -2.59. The van der Waals surface area contributed by atoms with Crippen molar-refractivity contribution < 1.29 is 23.8 Å². The van der Waals surface area contributed by atoms with Gasteiger partial charge in [0, 0.05) is 31.8 Å². The van der Waals surface area contributed by atoms with Crippen molar-refractivity contribution in [2.75, 3.05) is 12.9 Å². The zero-order chi connectivity index (χ0) is 21.6. The van der Waals surface area contributed by atoms with Gasteiger partial charge in [-0.05, 0) is 38.5 Å². The van der Waals surface area contributed by atoms with Gasteiger partial charge in [-0.15, -0.1) is 0 Å². The van der Waals surface area contributed by atoms with Crippen LogP contribution in [-0.4, -0.2) is 48.1 Å². The maximum atomic E-state index is 12.5. The number of esters is 1. The minimum atomic E-state index is -0.987. The first-order chi connectivity index (χ1) is 14.4. The molecule has 5 atom stereocenters. The fraction of sp³-hybridized carbons (Fsp3) is 0.652. The molecule has 3 aliphatic rings. The van der Waals surface area contributed by atoms with Crippen LogP contribution in [0.4, 0.5) is 4.79 Å². The molecule has 0 aromatic carbocycles. The van der Waals surface area contributed by atoms with Crippen LogP contribution in [0.3, 0.4) is 0 Å². The second kappa shape index (κ2) is 10.6. The van der Waals surface area contributed by atoms with Crippen molar-refractivity contribution in [3.8, 4) is 0 Å². The Morgan fingerprint density at radius 2 is 2.07 bits per heavy atom. The third kappa shape index (κ3) is 6.22. The summed E-state index contributed by atoms with van der Waals surface area (Å²) in [6.45, 7) is 4.14. The second-order valence-electron chi connectivity index (χ2n) is 8.45. The lowest BCUT2D eigenvalue weighted by molar-refractivity contribution is -0.296. The summed E-state index contributed by atoms with van der Waals surface area (Å²) in [7, 11) is 1.60.